The van der Waals surface area contributed by atoms with E-state index in [1.807, 2.05) is 0 Å². The van der Waals surface area contributed by atoms with Gasteiger partial charge in [-0.1, -0.05) is 156 Å². The first-order chi connectivity index (χ1) is 19.4. The van der Waals surface area contributed by atoms with Crippen LogP contribution in [0.4, 0.5) is 0 Å². The third-order valence-electron chi connectivity index (χ3n) is 8.72. The van der Waals surface area contributed by atoms with Crippen LogP contribution in [0, 0.1) is 23.7 Å². The van der Waals surface area contributed by atoms with Gasteiger partial charge < -0.3 is 4.74 Å². The second kappa shape index (κ2) is 29.7. The van der Waals surface area contributed by atoms with Crippen molar-refractivity contribution in [1.29, 1.82) is 0 Å². The summed E-state index contributed by atoms with van der Waals surface area (Å²) in [5.74, 6) is 2.19. The molecule has 0 N–H and O–H groups in total. The average Bonchev–Trinajstić information content (AvgIpc) is 2.91. The standard InChI is InChI=1S/C38H74O2/c1-7-9-11-13-15-16-17-18-19-20-21-22-23-24-25-27-29-34(3)31-35(4)32-36(5)33-37(6)38(39)40-30-28-26-14-12-10-8-2/h18-19,34-37H,7-17,20-33H2,1-6H3/b19-18-. The van der Waals surface area contributed by atoms with E-state index in [1.54, 1.807) is 0 Å². The molecule has 0 rings (SSSR count). The minimum Gasteiger partial charge on any atom is -0.465 e. The highest BCUT2D eigenvalue weighted by Gasteiger charge is 2.20. The van der Waals surface area contributed by atoms with Crippen molar-refractivity contribution in [2.24, 2.45) is 23.7 Å². The molecule has 0 aromatic carbocycles. The molecule has 0 heterocycles. The Balaban J connectivity index is 3.66. The minimum absolute atomic E-state index is 0.0152. The number of ether oxygens (including phenoxy) is 1. The van der Waals surface area contributed by atoms with E-state index in [9.17, 15) is 4.79 Å². The van der Waals surface area contributed by atoms with Crippen molar-refractivity contribution in [2.45, 2.75) is 196 Å². The van der Waals surface area contributed by atoms with Gasteiger partial charge in [0.1, 0.15) is 0 Å². The van der Waals surface area contributed by atoms with Crippen LogP contribution in [0.3, 0.4) is 0 Å². The fraction of sp³-hybridized carbons (Fsp3) is 0.921. The van der Waals surface area contributed by atoms with Crippen LogP contribution in [-0.2, 0) is 9.53 Å². The molecular weight excluding hydrogens is 488 g/mol. The predicted molar refractivity (Wildman–Crippen MR) is 179 cm³/mol. The molecule has 238 valence electrons. The van der Waals surface area contributed by atoms with E-state index in [1.165, 1.54) is 141 Å². The van der Waals surface area contributed by atoms with E-state index < -0.39 is 0 Å². The largest absolute Gasteiger partial charge is 0.465 e. The fourth-order valence-electron chi connectivity index (χ4n) is 6.32. The highest BCUT2D eigenvalue weighted by molar-refractivity contribution is 5.71. The summed E-state index contributed by atoms with van der Waals surface area (Å²) in [6.07, 6.45) is 36.5. The van der Waals surface area contributed by atoms with Crippen LogP contribution in [0.5, 0.6) is 0 Å². The van der Waals surface area contributed by atoms with Gasteiger partial charge in [-0.15, -0.1) is 0 Å². The molecule has 0 amide bonds. The molecule has 0 aromatic heterocycles. The molecular formula is C38H74O2. The highest BCUT2D eigenvalue weighted by Crippen LogP contribution is 2.27. The Kier molecular flexibility index (Phi) is 29.1. The summed E-state index contributed by atoms with van der Waals surface area (Å²) >= 11 is 0. The highest BCUT2D eigenvalue weighted by atomic mass is 16.5. The molecule has 0 fully saturated rings. The van der Waals surface area contributed by atoms with Gasteiger partial charge in [-0.3, -0.25) is 4.79 Å². The van der Waals surface area contributed by atoms with Gasteiger partial charge in [0.05, 0.1) is 12.5 Å². The van der Waals surface area contributed by atoms with Crippen molar-refractivity contribution in [1.82, 2.24) is 0 Å². The summed E-state index contributed by atoms with van der Waals surface area (Å²) < 4.78 is 5.56. The molecule has 2 heteroatoms. The zero-order valence-corrected chi connectivity index (χ0v) is 28.5. The zero-order chi connectivity index (χ0) is 29.7. The van der Waals surface area contributed by atoms with E-state index in [2.05, 4.69) is 53.7 Å². The Bertz CT molecular complexity index is 554. The molecule has 0 aliphatic carbocycles. The number of hydrogen-bond donors (Lipinski definition) is 0. The lowest BCUT2D eigenvalue weighted by Gasteiger charge is -2.22. The van der Waals surface area contributed by atoms with Crippen LogP contribution in [0.1, 0.15) is 196 Å². The van der Waals surface area contributed by atoms with Gasteiger partial charge in [-0.2, -0.15) is 0 Å². The molecule has 0 saturated carbocycles. The summed E-state index contributed by atoms with van der Waals surface area (Å²) in [4.78, 5) is 12.4. The quantitative estimate of drug-likeness (QED) is 0.0494. The van der Waals surface area contributed by atoms with Crippen LogP contribution in [0.2, 0.25) is 0 Å². The maximum Gasteiger partial charge on any atom is 0.308 e. The van der Waals surface area contributed by atoms with Gasteiger partial charge in [0, 0.05) is 0 Å². The van der Waals surface area contributed by atoms with Crippen molar-refractivity contribution >= 4 is 5.97 Å². The molecule has 2 nitrogen and oxygen atoms in total. The molecule has 0 radical (unpaired) electrons. The maximum atomic E-state index is 12.4. The summed E-state index contributed by atoms with van der Waals surface area (Å²) in [5, 5.41) is 0. The van der Waals surface area contributed by atoms with Gasteiger partial charge in [-0.05, 0) is 69.1 Å². The lowest BCUT2D eigenvalue weighted by Crippen LogP contribution is -2.19. The topological polar surface area (TPSA) is 26.3 Å². The monoisotopic (exact) mass is 563 g/mol. The number of hydrogen-bond acceptors (Lipinski definition) is 2. The minimum atomic E-state index is 0.0152. The lowest BCUT2D eigenvalue weighted by atomic mass is 9.84. The van der Waals surface area contributed by atoms with Crippen LogP contribution in [0.25, 0.3) is 0 Å². The predicted octanol–water partition coefficient (Wildman–Crippen LogP) is 13.0. The Morgan fingerprint density at radius 1 is 0.525 bits per heavy atom. The Morgan fingerprint density at radius 2 is 0.950 bits per heavy atom. The molecule has 0 aliphatic rings. The first-order valence-corrected chi connectivity index (χ1v) is 18.2. The van der Waals surface area contributed by atoms with Crippen LogP contribution < -0.4 is 0 Å². The number of unbranched alkanes of at least 4 members (excludes halogenated alkanes) is 17. The second-order valence-corrected chi connectivity index (χ2v) is 13.6. The first-order valence-electron chi connectivity index (χ1n) is 18.2. The molecule has 0 bridgehead atoms. The first kappa shape index (κ1) is 39.2. The van der Waals surface area contributed by atoms with Crippen molar-refractivity contribution in [3.63, 3.8) is 0 Å². The number of carbonyl (C=O) groups is 1. The van der Waals surface area contributed by atoms with Gasteiger partial charge in [0.25, 0.3) is 0 Å². The van der Waals surface area contributed by atoms with Crippen LogP contribution in [0.15, 0.2) is 12.2 Å². The van der Waals surface area contributed by atoms with Gasteiger partial charge >= 0.3 is 5.97 Å². The van der Waals surface area contributed by atoms with Crippen LogP contribution in [-0.4, -0.2) is 12.6 Å². The number of esters is 1. The van der Waals surface area contributed by atoms with Gasteiger partial charge in [0.15, 0.2) is 0 Å². The van der Waals surface area contributed by atoms with E-state index in [0.717, 1.165) is 24.7 Å². The maximum absolute atomic E-state index is 12.4. The Morgan fingerprint density at radius 3 is 1.50 bits per heavy atom. The lowest BCUT2D eigenvalue weighted by molar-refractivity contribution is -0.148. The summed E-state index contributed by atoms with van der Waals surface area (Å²) in [6, 6.07) is 0. The van der Waals surface area contributed by atoms with Crippen LogP contribution >= 0.6 is 0 Å². The van der Waals surface area contributed by atoms with Gasteiger partial charge in [0.2, 0.25) is 0 Å². The normalized spacial score (nSPS) is 14.8. The third kappa shape index (κ3) is 27.4. The van der Waals surface area contributed by atoms with E-state index in [4.69, 9.17) is 4.74 Å². The molecule has 0 aromatic rings. The van der Waals surface area contributed by atoms with E-state index >= 15 is 0 Å². The van der Waals surface area contributed by atoms with Crippen molar-refractivity contribution in [3.8, 4) is 0 Å². The second-order valence-electron chi connectivity index (χ2n) is 13.6. The summed E-state index contributed by atoms with van der Waals surface area (Å²) in [6.45, 7) is 14.4. The van der Waals surface area contributed by atoms with Gasteiger partial charge in [-0.25, -0.2) is 0 Å². The molecule has 4 atom stereocenters. The average molecular weight is 563 g/mol. The van der Waals surface area contributed by atoms with E-state index in [0.29, 0.717) is 12.5 Å². The molecule has 40 heavy (non-hydrogen) atoms. The smallest absolute Gasteiger partial charge is 0.308 e. The zero-order valence-electron chi connectivity index (χ0n) is 28.5. The number of carbonyl (C=O) groups excluding carboxylic acids is 1. The molecule has 0 spiro atoms. The Labute approximate surface area is 253 Å². The Hall–Kier alpha value is -0.790. The molecule has 0 aliphatic heterocycles. The van der Waals surface area contributed by atoms with E-state index in [-0.39, 0.29) is 11.9 Å². The van der Waals surface area contributed by atoms with Crippen molar-refractivity contribution in [3.05, 3.63) is 12.2 Å². The third-order valence-corrected chi connectivity index (χ3v) is 8.72. The number of rotatable bonds is 30. The number of allylic oxidation sites excluding steroid dienone is 2. The molecule has 0 saturated heterocycles. The molecule has 4 unspecified atom stereocenters. The SMILES string of the molecule is CCCCCCCC/C=C\CCCCCCCCC(C)CC(C)CC(C)CC(C)C(=O)OCCCCCCCC. The summed E-state index contributed by atoms with van der Waals surface area (Å²) in [7, 11) is 0. The summed E-state index contributed by atoms with van der Waals surface area (Å²) in [5.41, 5.74) is 0. The van der Waals surface area contributed by atoms with Crippen molar-refractivity contribution < 1.29 is 9.53 Å². The van der Waals surface area contributed by atoms with Crippen molar-refractivity contribution in [2.75, 3.05) is 6.61 Å². The fourth-order valence-corrected chi connectivity index (χ4v) is 6.32.